The topological polar surface area (TPSA) is 80.1 Å². The highest BCUT2D eigenvalue weighted by Gasteiger charge is 2.65. The van der Waals surface area contributed by atoms with Crippen molar-refractivity contribution in [2.75, 3.05) is 12.0 Å². The minimum absolute atomic E-state index is 0.0387. The minimum Gasteiger partial charge on any atom is -0.497 e. The van der Waals surface area contributed by atoms with Crippen LogP contribution in [0.15, 0.2) is 100 Å². The number of halogens is 2. The molecular formula is C33H22F2N2O5. The molecule has 0 N–H and O–H groups in total. The molecule has 2 aliphatic heterocycles. The van der Waals surface area contributed by atoms with E-state index in [4.69, 9.17) is 9.15 Å². The highest BCUT2D eigenvalue weighted by atomic mass is 19.1. The average Bonchev–Trinajstić information content (AvgIpc) is 3.39. The molecule has 0 saturated carbocycles. The van der Waals surface area contributed by atoms with Crippen LogP contribution in [0.25, 0.3) is 11.0 Å². The van der Waals surface area contributed by atoms with Crippen molar-refractivity contribution < 1.29 is 27.5 Å². The number of hydrogen-bond acceptors (Lipinski definition) is 5. The van der Waals surface area contributed by atoms with Crippen LogP contribution >= 0.6 is 0 Å². The summed E-state index contributed by atoms with van der Waals surface area (Å²) < 4.78 is 39.2. The van der Waals surface area contributed by atoms with Crippen molar-refractivity contribution in [2.24, 2.45) is 0 Å². The molecule has 7 nitrogen and oxygen atoms in total. The van der Waals surface area contributed by atoms with Gasteiger partial charge in [-0.15, -0.1) is 0 Å². The summed E-state index contributed by atoms with van der Waals surface area (Å²) in [5.41, 5.74) is -0.425. The van der Waals surface area contributed by atoms with Gasteiger partial charge in [-0.1, -0.05) is 42.5 Å². The highest BCUT2D eigenvalue weighted by Crippen LogP contribution is 2.53. The largest absolute Gasteiger partial charge is 0.497 e. The Bertz CT molecular complexity index is 1970. The molecule has 7 rings (SSSR count). The van der Waals surface area contributed by atoms with Gasteiger partial charge in [-0.25, -0.2) is 8.78 Å². The van der Waals surface area contributed by atoms with Crippen molar-refractivity contribution in [3.63, 3.8) is 0 Å². The number of carbonyl (C=O) groups is 2. The monoisotopic (exact) mass is 564 g/mol. The maximum absolute atomic E-state index is 14.8. The molecule has 0 aliphatic carbocycles. The Balaban J connectivity index is 1.49. The Morgan fingerprint density at radius 3 is 2.21 bits per heavy atom. The fourth-order valence-corrected chi connectivity index (χ4v) is 6.03. The van der Waals surface area contributed by atoms with Crippen LogP contribution in [0.5, 0.6) is 5.75 Å². The summed E-state index contributed by atoms with van der Waals surface area (Å²) in [7, 11) is 1.54. The normalized spacial score (nSPS) is 17.3. The van der Waals surface area contributed by atoms with Gasteiger partial charge < -0.3 is 19.0 Å². The quantitative estimate of drug-likeness (QED) is 0.281. The first-order chi connectivity index (χ1) is 20.3. The molecular weight excluding hydrogens is 542 g/mol. The summed E-state index contributed by atoms with van der Waals surface area (Å²) in [5, 5.41) is -0.0745. The lowest BCUT2D eigenvalue weighted by molar-refractivity contribution is -0.126. The van der Waals surface area contributed by atoms with Crippen LogP contribution in [0.1, 0.15) is 32.8 Å². The molecule has 5 aromatic rings. The molecule has 1 spiro atoms. The smallest absolute Gasteiger partial charge is 0.291 e. The van der Waals surface area contributed by atoms with Gasteiger partial charge in [0, 0.05) is 12.1 Å². The minimum atomic E-state index is -1.88. The lowest BCUT2D eigenvalue weighted by Gasteiger charge is -2.34. The van der Waals surface area contributed by atoms with E-state index in [1.807, 2.05) is 0 Å². The molecule has 0 bridgehead atoms. The van der Waals surface area contributed by atoms with Crippen LogP contribution < -0.4 is 15.1 Å². The molecule has 1 unspecified atom stereocenters. The fraction of sp³-hybridized carbons (Fsp3) is 0.121. The van der Waals surface area contributed by atoms with Gasteiger partial charge in [-0.3, -0.25) is 14.4 Å². The third kappa shape index (κ3) is 3.59. The predicted octanol–water partition coefficient (Wildman–Crippen LogP) is 5.53. The number of hydrogen-bond donors (Lipinski definition) is 0. The number of nitrogens with zero attached hydrogens (tertiary/aromatic N) is 2. The first kappa shape index (κ1) is 25.6. The fourth-order valence-electron chi connectivity index (χ4n) is 6.03. The molecule has 2 amide bonds. The second-order valence-corrected chi connectivity index (χ2v) is 10.3. The summed E-state index contributed by atoms with van der Waals surface area (Å²) in [4.78, 5) is 46.0. The van der Waals surface area contributed by atoms with Crippen LogP contribution in [-0.2, 0) is 23.4 Å². The second-order valence-electron chi connectivity index (χ2n) is 10.3. The van der Waals surface area contributed by atoms with Crippen molar-refractivity contribution in [2.45, 2.75) is 18.6 Å². The van der Waals surface area contributed by atoms with Crippen molar-refractivity contribution >= 4 is 28.5 Å². The van der Waals surface area contributed by atoms with E-state index in [1.54, 1.807) is 67.8 Å². The predicted molar refractivity (Wildman–Crippen MR) is 150 cm³/mol. The zero-order valence-electron chi connectivity index (χ0n) is 22.3. The number of amides is 2. The van der Waals surface area contributed by atoms with Gasteiger partial charge in [-0.2, -0.15) is 0 Å². The SMILES string of the molecule is COc1ccc(CN2C(=O)c3oc4ccc(F)cc4c(=O)c3C23C(=O)N(Cc2ccc(F)cc2)c2ccccc23)cc1. The van der Waals surface area contributed by atoms with Gasteiger partial charge in [0.05, 0.1) is 30.3 Å². The average molecular weight is 565 g/mol. The summed E-state index contributed by atoms with van der Waals surface area (Å²) >= 11 is 0. The Morgan fingerprint density at radius 2 is 1.48 bits per heavy atom. The van der Waals surface area contributed by atoms with Gasteiger partial charge >= 0.3 is 0 Å². The first-order valence-corrected chi connectivity index (χ1v) is 13.2. The molecule has 42 heavy (non-hydrogen) atoms. The van der Waals surface area contributed by atoms with Gasteiger partial charge in [0.15, 0.2) is 11.0 Å². The Hall–Kier alpha value is -5.31. The third-order valence-corrected chi connectivity index (χ3v) is 7.95. The zero-order chi connectivity index (χ0) is 29.2. The number of rotatable bonds is 5. The molecule has 0 fully saturated rings. The molecule has 9 heteroatoms. The standard InChI is InChI=1S/C33H22F2N2O5/c1-41-23-13-8-20(9-14-23)18-37-31(39)30-28(29(38)24-16-22(35)12-15-27(24)42-30)33(37)25-4-2-3-5-26(25)36(32(33)40)17-19-6-10-21(34)11-7-19/h2-16H,17-18H2,1H3. The Kier molecular flexibility index (Phi) is 5.72. The number of fused-ring (bicyclic) bond motifs is 5. The third-order valence-electron chi connectivity index (χ3n) is 7.95. The van der Waals surface area contributed by atoms with Crippen LogP contribution in [0.4, 0.5) is 14.5 Å². The summed E-state index contributed by atoms with van der Waals surface area (Å²) in [5.74, 6) is -1.91. The molecule has 1 aromatic heterocycles. The molecule has 0 radical (unpaired) electrons. The van der Waals surface area contributed by atoms with Crippen LogP contribution in [0.3, 0.4) is 0 Å². The van der Waals surface area contributed by atoms with E-state index in [2.05, 4.69) is 0 Å². The van der Waals surface area contributed by atoms with Crippen molar-refractivity contribution in [3.05, 3.63) is 141 Å². The number of methoxy groups -OCH3 is 1. The maximum Gasteiger partial charge on any atom is 0.291 e. The van der Waals surface area contributed by atoms with E-state index in [0.29, 0.717) is 28.1 Å². The highest BCUT2D eigenvalue weighted by molar-refractivity contribution is 6.17. The molecule has 4 aromatic carbocycles. The van der Waals surface area contributed by atoms with Gasteiger partial charge in [0.2, 0.25) is 5.76 Å². The van der Waals surface area contributed by atoms with Crippen LogP contribution in [0, 0.1) is 11.6 Å². The summed E-state index contributed by atoms with van der Waals surface area (Å²) in [6.07, 6.45) is 0. The van der Waals surface area contributed by atoms with E-state index >= 15 is 0 Å². The molecule has 208 valence electrons. The lowest BCUT2D eigenvalue weighted by Crippen LogP contribution is -2.52. The maximum atomic E-state index is 14.8. The first-order valence-electron chi connectivity index (χ1n) is 13.2. The molecule has 3 heterocycles. The van der Waals surface area contributed by atoms with E-state index in [1.165, 1.54) is 28.0 Å². The van der Waals surface area contributed by atoms with Gasteiger partial charge in [0.1, 0.15) is 23.0 Å². The van der Waals surface area contributed by atoms with Gasteiger partial charge in [-0.05, 0) is 59.7 Å². The number of anilines is 1. The summed E-state index contributed by atoms with van der Waals surface area (Å²) in [6.45, 7) is 0.0208. The zero-order valence-corrected chi connectivity index (χ0v) is 22.3. The number of carbonyl (C=O) groups excluding carboxylic acids is 2. The van der Waals surface area contributed by atoms with E-state index in [-0.39, 0.29) is 35.4 Å². The van der Waals surface area contributed by atoms with E-state index < -0.39 is 34.4 Å². The lowest BCUT2D eigenvalue weighted by atomic mass is 9.83. The summed E-state index contributed by atoms with van der Waals surface area (Å²) in [6, 6.07) is 23.2. The van der Waals surface area contributed by atoms with Crippen LogP contribution in [0.2, 0.25) is 0 Å². The number of para-hydroxylation sites is 1. The van der Waals surface area contributed by atoms with Crippen molar-refractivity contribution in [1.82, 2.24) is 4.90 Å². The van der Waals surface area contributed by atoms with Crippen LogP contribution in [-0.4, -0.2) is 23.8 Å². The molecule has 2 aliphatic rings. The van der Waals surface area contributed by atoms with Crippen molar-refractivity contribution in [3.8, 4) is 5.75 Å². The molecule has 0 saturated heterocycles. The Morgan fingerprint density at radius 1 is 0.810 bits per heavy atom. The van der Waals surface area contributed by atoms with Crippen molar-refractivity contribution in [1.29, 1.82) is 0 Å². The van der Waals surface area contributed by atoms with E-state index in [0.717, 1.165) is 12.1 Å². The Labute approximate surface area is 238 Å². The van der Waals surface area contributed by atoms with Gasteiger partial charge in [0.25, 0.3) is 11.8 Å². The van der Waals surface area contributed by atoms with E-state index in [9.17, 15) is 23.2 Å². The number of benzene rings is 4. The second kappa shape index (κ2) is 9.37. The molecule has 1 atom stereocenters. The number of ether oxygens (including phenoxy) is 1.